The summed E-state index contributed by atoms with van der Waals surface area (Å²) in [6, 6.07) is 0. The van der Waals surface area contributed by atoms with Crippen LogP contribution in [0, 0.1) is 17.3 Å². The van der Waals surface area contributed by atoms with Crippen molar-refractivity contribution < 1.29 is 44.6 Å². The Labute approximate surface area is 332 Å². The van der Waals surface area contributed by atoms with Gasteiger partial charge in [0.25, 0.3) is 0 Å². The Morgan fingerprint density at radius 1 is 0.382 bits per heavy atom. The Kier molecular flexibility index (Phi) is 32.8. The highest BCUT2D eigenvalue weighted by atomic mass is 19.4. The summed E-state index contributed by atoms with van der Waals surface area (Å²) >= 11 is 0. The molecule has 0 saturated carbocycles. The predicted molar refractivity (Wildman–Crippen MR) is 214 cm³/mol. The quantitative estimate of drug-likeness (QED) is 0.0455. The van der Waals surface area contributed by atoms with Gasteiger partial charge >= 0.3 is 18.3 Å². The molecule has 10 heteroatoms. The van der Waals surface area contributed by atoms with E-state index in [4.69, 9.17) is 9.47 Å². The first-order valence-corrected chi connectivity index (χ1v) is 22.6. The molecule has 0 N–H and O–H groups in total. The van der Waals surface area contributed by atoms with Crippen molar-refractivity contribution in [3.63, 3.8) is 0 Å². The Morgan fingerprint density at radius 3 is 1.07 bits per heavy atom. The summed E-state index contributed by atoms with van der Waals surface area (Å²) in [5.74, 6) is -3.25. The first-order chi connectivity index (χ1) is 26.0. The normalized spacial score (nSPS) is 14.2. The van der Waals surface area contributed by atoms with Crippen LogP contribution < -0.4 is 0 Å². The fourth-order valence-corrected chi connectivity index (χ4v) is 7.41. The van der Waals surface area contributed by atoms with E-state index in [1.165, 1.54) is 83.5 Å². The van der Waals surface area contributed by atoms with Crippen LogP contribution in [0.3, 0.4) is 0 Å². The Bertz CT molecular complexity index is 825. The van der Waals surface area contributed by atoms with E-state index in [1.54, 1.807) is 0 Å². The molecular formula is C45H84F8O2. The number of alkyl halides is 8. The van der Waals surface area contributed by atoms with E-state index in [0.717, 1.165) is 103 Å². The first-order valence-electron chi connectivity index (χ1n) is 22.6. The molecule has 0 rings (SSSR count). The van der Waals surface area contributed by atoms with Crippen LogP contribution in [0.1, 0.15) is 227 Å². The van der Waals surface area contributed by atoms with Crippen LogP contribution in [0.5, 0.6) is 0 Å². The fraction of sp³-hybridized carbons (Fsp3) is 1.00. The van der Waals surface area contributed by atoms with Crippen LogP contribution in [0.15, 0.2) is 0 Å². The fourth-order valence-electron chi connectivity index (χ4n) is 7.41. The second-order valence-electron chi connectivity index (χ2n) is 17.7. The third kappa shape index (κ3) is 36.2. The summed E-state index contributed by atoms with van der Waals surface area (Å²) in [6.45, 7) is 12.8. The van der Waals surface area contributed by atoms with E-state index in [-0.39, 0.29) is 18.3 Å². The molecule has 0 radical (unpaired) electrons. The second kappa shape index (κ2) is 33.2. The van der Waals surface area contributed by atoms with Gasteiger partial charge in [-0.3, -0.25) is 0 Å². The largest absolute Gasteiger partial charge is 0.453 e. The highest BCUT2D eigenvalue weighted by molar-refractivity contribution is 4.77. The number of ether oxygens (including phenoxy) is 2. The van der Waals surface area contributed by atoms with Gasteiger partial charge in [0.1, 0.15) is 0 Å². The van der Waals surface area contributed by atoms with Gasteiger partial charge in [-0.15, -0.1) is 0 Å². The van der Waals surface area contributed by atoms with E-state index >= 15 is 0 Å². The van der Waals surface area contributed by atoms with Crippen molar-refractivity contribution in [2.24, 2.45) is 17.3 Å². The zero-order valence-corrected chi connectivity index (χ0v) is 35.7. The molecule has 0 aromatic rings. The van der Waals surface area contributed by atoms with Gasteiger partial charge in [-0.1, -0.05) is 163 Å². The highest BCUT2D eigenvalue weighted by Crippen LogP contribution is 2.39. The van der Waals surface area contributed by atoms with E-state index in [0.29, 0.717) is 24.7 Å². The smallest absolute Gasteiger partial charge is 0.381 e. The van der Waals surface area contributed by atoms with Gasteiger partial charge in [-0.05, 0) is 68.6 Å². The van der Waals surface area contributed by atoms with E-state index in [9.17, 15) is 35.1 Å². The predicted octanol–water partition coefficient (Wildman–Crippen LogP) is 17.2. The summed E-state index contributed by atoms with van der Waals surface area (Å²) in [7, 11) is 0. The summed E-state index contributed by atoms with van der Waals surface area (Å²) < 4.78 is 111. The maximum absolute atomic E-state index is 12.9. The molecule has 0 amide bonds. The number of halogens is 8. The topological polar surface area (TPSA) is 18.5 Å². The summed E-state index contributed by atoms with van der Waals surface area (Å²) in [5.41, 5.74) is 0.264. The van der Waals surface area contributed by atoms with Crippen molar-refractivity contribution in [3.8, 4) is 0 Å². The van der Waals surface area contributed by atoms with Crippen LogP contribution in [0.25, 0.3) is 0 Å². The maximum atomic E-state index is 12.9. The lowest BCUT2D eigenvalue weighted by Crippen LogP contribution is -2.36. The van der Waals surface area contributed by atoms with Crippen LogP contribution in [-0.4, -0.2) is 44.7 Å². The van der Waals surface area contributed by atoms with Crippen LogP contribution in [-0.2, 0) is 9.47 Å². The van der Waals surface area contributed by atoms with Crippen LogP contribution in [0.4, 0.5) is 35.1 Å². The SMILES string of the molecule is CC(CCCOCCCCCCCCCCCCCCC(F)(F)C(F)(F)F)CC(CCOCCCCCCCCCCCCCCCC(F)(F)F)C(C)(C)C. The van der Waals surface area contributed by atoms with Gasteiger partial charge in [-0.2, -0.15) is 35.1 Å². The van der Waals surface area contributed by atoms with Crippen molar-refractivity contribution in [1.82, 2.24) is 0 Å². The standard InChI is InChI=1S/C45H84F8O2/c1-40(31-30-37-54-35-28-24-20-16-13-9-7-10-14-18-22-26-33-43(46,47)45(51,52)53)39-41(42(2,3)4)32-38-55-36-29-25-21-17-12-8-5-6-11-15-19-23-27-34-44(48,49)50/h40-41H,5-39H2,1-4H3. The van der Waals surface area contributed by atoms with Crippen molar-refractivity contribution in [1.29, 1.82) is 0 Å². The molecular weight excluding hydrogens is 724 g/mol. The molecule has 0 aliphatic rings. The van der Waals surface area contributed by atoms with E-state index in [2.05, 4.69) is 27.7 Å². The number of rotatable bonds is 39. The Hall–Kier alpha value is -0.640. The Morgan fingerprint density at radius 2 is 0.709 bits per heavy atom. The molecule has 0 heterocycles. The highest BCUT2D eigenvalue weighted by Gasteiger charge is 2.56. The van der Waals surface area contributed by atoms with E-state index in [1.807, 2.05) is 0 Å². The van der Waals surface area contributed by atoms with Crippen molar-refractivity contribution in [2.45, 2.75) is 245 Å². The van der Waals surface area contributed by atoms with Crippen molar-refractivity contribution >= 4 is 0 Å². The zero-order chi connectivity index (χ0) is 41.3. The number of hydrogen-bond donors (Lipinski definition) is 0. The number of hydrogen-bond acceptors (Lipinski definition) is 2. The lowest BCUT2D eigenvalue weighted by Gasteiger charge is -2.33. The zero-order valence-electron chi connectivity index (χ0n) is 35.7. The van der Waals surface area contributed by atoms with Crippen molar-refractivity contribution in [2.75, 3.05) is 26.4 Å². The molecule has 55 heavy (non-hydrogen) atoms. The molecule has 0 bridgehead atoms. The molecule has 0 saturated heterocycles. The molecule has 0 aliphatic heterocycles. The average molecular weight is 809 g/mol. The third-order valence-corrected chi connectivity index (χ3v) is 11.2. The first kappa shape index (κ1) is 54.4. The minimum atomic E-state index is -5.43. The molecule has 0 aliphatic carbocycles. The molecule has 332 valence electrons. The third-order valence-electron chi connectivity index (χ3n) is 11.2. The lowest BCUT2D eigenvalue weighted by atomic mass is 9.74. The monoisotopic (exact) mass is 809 g/mol. The van der Waals surface area contributed by atoms with Gasteiger partial charge < -0.3 is 9.47 Å². The summed E-state index contributed by atoms with van der Waals surface area (Å²) in [4.78, 5) is 0. The minimum Gasteiger partial charge on any atom is -0.381 e. The lowest BCUT2D eigenvalue weighted by molar-refractivity contribution is -0.284. The molecule has 2 nitrogen and oxygen atoms in total. The minimum absolute atomic E-state index is 0.0781. The molecule has 0 spiro atoms. The van der Waals surface area contributed by atoms with Gasteiger partial charge in [-0.25, -0.2) is 0 Å². The molecule has 0 fully saturated rings. The molecule has 2 atom stereocenters. The molecule has 2 unspecified atom stereocenters. The summed E-state index contributed by atoms with van der Waals surface area (Å²) in [6.07, 6.45) is 18.6. The maximum Gasteiger partial charge on any atom is 0.453 e. The summed E-state index contributed by atoms with van der Waals surface area (Å²) in [5, 5.41) is 0. The van der Waals surface area contributed by atoms with Gasteiger partial charge in [0.15, 0.2) is 0 Å². The van der Waals surface area contributed by atoms with Gasteiger partial charge in [0.2, 0.25) is 0 Å². The van der Waals surface area contributed by atoms with E-state index < -0.39 is 31.1 Å². The molecule has 0 aromatic carbocycles. The van der Waals surface area contributed by atoms with Gasteiger partial charge in [0.05, 0.1) is 0 Å². The second-order valence-corrected chi connectivity index (χ2v) is 17.7. The Balaban J connectivity index is 3.60. The molecule has 0 aromatic heterocycles. The number of unbranched alkanes of at least 4 members (excludes halogenated alkanes) is 23. The van der Waals surface area contributed by atoms with Crippen LogP contribution in [0.2, 0.25) is 0 Å². The van der Waals surface area contributed by atoms with Crippen molar-refractivity contribution in [3.05, 3.63) is 0 Å². The average Bonchev–Trinajstić information content (AvgIpc) is 3.08. The van der Waals surface area contributed by atoms with Crippen LogP contribution >= 0.6 is 0 Å². The van der Waals surface area contributed by atoms with Gasteiger partial charge in [0, 0.05) is 39.3 Å².